The Hall–Kier alpha value is -1.55. The van der Waals surface area contributed by atoms with E-state index in [-0.39, 0.29) is 11.8 Å². The lowest BCUT2D eigenvalue weighted by molar-refractivity contribution is -0.120. The number of amides is 1. The predicted molar refractivity (Wildman–Crippen MR) is 69.9 cm³/mol. The number of benzene rings is 1. The SMILES string of the molecule is O=C(Nc1ccc2c(c1)CCO2)C1CCNCC1. The van der Waals surface area contributed by atoms with Crippen LogP contribution in [0.1, 0.15) is 18.4 Å². The molecule has 2 heterocycles. The van der Waals surface area contributed by atoms with Gasteiger partial charge in [0, 0.05) is 18.0 Å². The van der Waals surface area contributed by atoms with Gasteiger partial charge in [-0.25, -0.2) is 0 Å². The summed E-state index contributed by atoms with van der Waals surface area (Å²) in [4.78, 5) is 12.1. The van der Waals surface area contributed by atoms with Gasteiger partial charge in [-0.1, -0.05) is 0 Å². The third kappa shape index (κ3) is 2.34. The minimum absolute atomic E-state index is 0.148. The van der Waals surface area contributed by atoms with Crippen molar-refractivity contribution in [3.05, 3.63) is 23.8 Å². The molecule has 3 rings (SSSR count). The lowest BCUT2D eigenvalue weighted by Gasteiger charge is -2.21. The largest absolute Gasteiger partial charge is 0.493 e. The van der Waals surface area contributed by atoms with Crippen LogP contribution < -0.4 is 15.4 Å². The van der Waals surface area contributed by atoms with E-state index in [1.807, 2.05) is 18.2 Å². The highest BCUT2D eigenvalue weighted by Crippen LogP contribution is 2.28. The number of nitrogens with one attached hydrogen (secondary N) is 2. The number of ether oxygens (including phenoxy) is 1. The van der Waals surface area contributed by atoms with E-state index in [1.165, 1.54) is 5.56 Å². The van der Waals surface area contributed by atoms with Crippen molar-refractivity contribution in [2.45, 2.75) is 19.3 Å². The first kappa shape index (κ1) is 11.5. The van der Waals surface area contributed by atoms with Gasteiger partial charge in [0.1, 0.15) is 5.75 Å². The van der Waals surface area contributed by atoms with Gasteiger partial charge >= 0.3 is 0 Å². The van der Waals surface area contributed by atoms with Gasteiger partial charge in [-0.05, 0) is 49.7 Å². The molecule has 2 aliphatic rings. The van der Waals surface area contributed by atoms with Gasteiger partial charge in [0.2, 0.25) is 5.91 Å². The quantitative estimate of drug-likeness (QED) is 0.832. The predicted octanol–water partition coefficient (Wildman–Crippen LogP) is 1.56. The molecule has 0 unspecified atom stereocenters. The summed E-state index contributed by atoms with van der Waals surface area (Å²) >= 11 is 0. The molecule has 0 spiro atoms. The Kier molecular flexibility index (Phi) is 3.19. The number of hydrogen-bond donors (Lipinski definition) is 2. The molecule has 1 saturated heterocycles. The topological polar surface area (TPSA) is 50.4 Å². The van der Waals surface area contributed by atoms with Crippen molar-refractivity contribution >= 4 is 11.6 Å². The average molecular weight is 246 g/mol. The zero-order valence-electron chi connectivity index (χ0n) is 10.4. The van der Waals surface area contributed by atoms with Crippen LogP contribution in [0.25, 0.3) is 0 Å². The van der Waals surface area contributed by atoms with Gasteiger partial charge in [-0.3, -0.25) is 4.79 Å². The Bertz CT molecular complexity index is 453. The monoisotopic (exact) mass is 246 g/mol. The summed E-state index contributed by atoms with van der Waals surface area (Å²) in [7, 11) is 0. The van der Waals surface area contributed by atoms with E-state index >= 15 is 0 Å². The van der Waals surface area contributed by atoms with Crippen LogP contribution in [0.4, 0.5) is 5.69 Å². The van der Waals surface area contributed by atoms with Crippen molar-refractivity contribution < 1.29 is 9.53 Å². The van der Waals surface area contributed by atoms with Gasteiger partial charge in [0.15, 0.2) is 0 Å². The maximum absolute atomic E-state index is 12.1. The van der Waals surface area contributed by atoms with E-state index in [4.69, 9.17) is 4.74 Å². The second-order valence-corrected chi connectivity index (χ2v) is 4.93. The number of anilines is 1. The molecule has 1 aromatic carbocycles. The summed E-state index contributed by atoms with van der Waals surface area (Å²) in [5, 5.41) is 6.29. The standard InChI is InChI=1S/C14H18N2O2/c17-14(10-3-6-15-7-4-10)16-12-1-2-13-11(9-12)5-8-18-13/h1-2,9-10,15H,3-8H2,(H,16,17). The Labute approximate surface area is 107 Å². The average Bonchev–Trinajstić information content (AvgIpc) is 2.87. The Balaban J connectivity index is 1.66. The van der Waals surface area contributed by atoms with E-state index in [2.05, 4.69) is 10.6 Å². The van der Waals surface area contributed by atoms with Crippen LogP contribution in [0.2, 0.25) is 0 Å². The van der Waals surface area contributed by atoms with E-state index in [0.29, 0.717) is 0 Å². The maximum atomic E-state index is 12.1. The minimum Gasteiger partial charge on any atom is -0.493 e. The second kappa shape index (κ2) is 4.98. The summed E-state index contributed by atoms with van der Waals surface area (Å²) in [6.45, 7) is 2.63. The lowest BCUT2D eigenvalue weighted by Crippen LogP contribution is -2.34. The Morgan fingerprint density at radius 2 is 2.17 bits per heavy atom. The van der Waals surface area contributed by atoms with Crippen molar-refractivity contribution in [2.24, 2.45) is 5.92 Å². The molecule has 0 radical (unpaired) electrons. The Morgan fingerprint density at radius 3 is 3.00 bits per heavy atom. The van der Waals surface area contributed by atoms with Crippen LogP contribution in [0.3, 0.4) is 0 Å². The fraction of sp³-hybridized carbons (Fsp3) is 0.500. The maximum Gasteiger partial charge on any atom is 0.227 e. The van der Waals surface area contributed by atoms with E-state index in [9.17, 15) is 4.79 Å². The molecule has 96 valence electrons. The molecule has 18 heavy (non-hydrogen) atoms. The van der Waals surface area contributed by atoms with Crippen LogP contribution in [0.5, 0.6) is 5.75 Å². The highest BCUT2D eigenvalue weighted by molar-refractivity contribution is 5.92. The fourth-order valence-corrected chi connectivity index (χ4v) is 2.59. The first-order valence-corrected chi connectivity index (χ1v) is 6.60. The molecule has 2 aliphatic heterocycles. The van der Waals surface area contributed by atoms with Gasteiger partial charge < -0.3 is 15.4 Å². The molecule has 0 bridgehead atoms. The first-order valence-electron chi connectivity index (χ1n) is 6.60. The molecule has 0 saturated carbocycles. The van der Waals surface area contributed by atoms with Crippen LogP contribution in [0.15, 0.2) is 18.2 Å². The van der Waals surface area contributed by atoms with Crippen LogP contribution in [0, 0.1) is 5.92 Å². The molecule has 1 fully saturated rings. The zero-order valence-corrected chi connectivity index (χ0v) is 10.4. The van der Waals surface area contributed by atoms with Crippen molar-refractivity contribution in [3.8, 4) is 5.75 Å². The molecule has 0 aromatic heterocycles. The smallest absolute Gasteiger partial charge is 0.227 e. The van der Waals surface area contributed by atoms with Gasteiger partial charge in [-0.15, -0.1) is 0 Å². The van der Waals surface area contributed by atoms with Crippen molar-refractivity contribution in [3.63, 3.8) is 0 Å². The summed E-state index contributed by atoms with van der Waals surface area (Å²) in [5.41, 5.74) is 2.08. The number of hydrogen-bond acceptors (Lipinski definition) is 3. The molecule has 1 amide bonds. The third-order valence-corrected chi connectivity index (χ3v) is 3.67. The molecular formula is C14H18N2O2. The third-order valence-electron chi connectivity index (χ3n) is 3.67. The molecule has 1 aromatic rings. The molecule has 2 N–H and O–H groups in total. The van der Waals surface area contributed by atoms with Crippen molar-refractivity contribution in [1.82, 2.24) is 5.32 Å². The summed E-state index contributed by atoms with van der Waals surface area (Å²) < 4.78 is 5.45. The second-order valence-electron chi connectivity index (χ2n) is 4.93. The summed E-state index contributed by atoms with van der Waals surface area (Å²) in [5.74, 6) is 1.25. The van der Waals surface area contributed by atoms with Crippen LogP contribution >= 0.6 is 0 Å². The van der Waals surface area contributed by atoms with Crippen molar-refractivity contribution in [2.75, 3.05) is 25.0 Å². The van der Waals surface area contributed by atoms with Gasteiger partial charge in [0.05, 0.1) is 6.61 Å². The van der Waals surface area contributed by atoms with E-state index in [1.54, 1.807) is 0 Å². The number of fused-ring (bicyclic) bond motifs is 1. The number of rotatable bonds is 2. The van der Waals surface area contributed by atoms with Gasteiger partial charge in [0.25, 0.3) is 0 Å². The zero-order chi connectivity index (χ0) is 12.4. The van der Waals surface area contributed by atoms with E-state index < -0.39 is 0 Å². The number of piperidine rings is 1. The van der Waals surface area contributed by atoms with Crippen molar-refractivity contribution in [1.29, 1.82) is 0 Å². The molecule has 0 atom stereocenters. The van der Waals surface area contributed by atoms with Crippen LogP contribution in [-0.2, 0) is 11.2 Å². The highest BCUT2D eigenvalue weighted by Gasteiger charge is 2.21. The fourth-order valence-electron chi connectivity index (χ4n) is 2.59. The minimum atomic E-state index is 0.148. The highest BCUT2D eigenvalue weighted by atomic mass is 16.5. The first-order chi connectivity index (χ1) is 8.83. The molecule has 4 heteroatoms. The summed E-state index contributed by atoms with van der Waals surface area (Å²) in [6, 6.07) is 5.89. The molecule has 0 aliphatic carbocycles. The molecular weight excluding hydrogens is 228 g/mol. The lowest BCUT2D eigenvalue weighted by atomic mass is 9.97. The molecule has 4 nitrogen and oxygen atoms in total. The number of carbonyl (C=O) groups is 1. The Morgan fingerprint density at radius 1 is 1.33 bits per heavy atom. The normalized spacial score (nSPS) is 19.1. The number of carbonyl (C=O) groups excluding carboxylic acids is 1. The van der Waals surface area contributed by atoms with Gasteiger partial charge in [-0.2, -0.15) is 0 Å². The van der Waals surface area contributed by atoms with Crippen LogP contribution in [-0.4, -0.2) is 25.6 Å². The summed E-state index contributed by atoms with van der Waals surface area (Å²) in [6.07, 6.45) is 2.80. The van der Waals surface area contributed by atoms with E-state index in [0.717, 1.165) is 50.4 Å².